The van der Waals surface area contributed by atoms with Gasteiger partial charge in [0.15, 0.2) is 6.29 Å². The lowest BCUT2D eigenvalue weighted by Crippen LogP contribution is -2.48. The van der Waals surface area contributed by atoms with Gasteiger partial charge in [0.05, 0.1) is 6.61 Å². The van der Waals surface area contributed by atoms with Crippen molar-refractivity contribution in [3.8, 4) is 0 Å². The highest BCUT2D eigenvalue weighted by molar-refractivity contribution is 4.76. The first-order chi connectivity index (χ1) is 8.10. The monoisotopic (exact) mass is 248 g/mol. The second-order valence-electron chi connectivity index (χ2n) is 4.35. The van der Waals surface area contributed by atoms with Crippen molar-refractivity contribution in [3.63, 3.8) is 0 Å². The summed E-state index contributed by atoms with van der Waals surface area (Å²) >= 11 is 0. The Kier molecular flexibility index (Phi) is 9.68. The lowest BCUT2D eigenvalue weighted by molar-refractivity contribution is -0.118. The second kappa shape index (κ2) is 9.79. The van der Waals surface area contributed by atoms with Crippen LogP contribution >= 0.6 is 0 Å². The van der Waals surface area contributed by atoms with E-state index in [4.69, 9.17) is 19.9 Å². The summed E-state index contributed by atoms with van der Waals surface area (Å²) in [4.78, 5) is 2.33. The molecule has 0 fully saturated rings. The van der Waals surface area contributed by atoms with Gasteiger partial charge in [0.25, 0.3) is 0 Å². The molecule has 1 atom stereocenters. The van der Waals surface area contributed by atoms with Crippen molar-refractivity contribution in [2.75, 3.05) is 41.0 Å². The van der Waals surface area contributed by atoms with Crippen LogP contribution in [-0.2, 0) is 14.2 Å². The van der Waals surface area contributed by atoms with Gasteiger partial charge < -0.3 is 19.9 Å². The molecule has 1 unspecified atom stereocenters. The molecule has 17 heavy (non-hydrogen) atoms. The van der Waals surface area contributed by atoms with E-state index < -0.39 is 0 Å². The molecule has 2 N–H and O–H groups in total. The zero-order valence-corrected chi connectivity index (χ0v) is 11.8. The summed E-state index contributed by atoms with van der Waals surface area (Å²) in [5.74, 6) is 0. The van der Waals surface area contributed by atoms with Gasteiger partial charge in [-0.05, 0) is 13.8 Å². The van der Waals surface area contributed by atoms with Gasteiger partial charge in [0.2, 0.25) is 0 Å². The number of hydrogen-bond acceptors (Lipinski definition) is 5. The quantitative estimate of drug-likeness (QED) is 0.576. The van der Waals surface area contributed by atoms with Gasteiger partial charge in [-0.15, -0.1) is 0 Å². The molecule has 0 aliphatic heterocycles. The van der Waals surface area contributed by atoms with E-state index in [1.807, 2.05) is 0 Å². The van der Waals surface area contributed by atoms with Crippen molar-refractivity contribution in [3.05, 3.63) is 0 Å². The molecule has 0 heterocycles. The molecule has 0 saturated heterocycles. The third kappa shape index (κ3) is 6.33. The van der Waals surface area contributed by atoms with E-state index in [2.05, 4.69) is 18.7 Å². The highest BCUT2D eigenvalue weighted by Gasteiger charge is 2.23. The SMILES string of the molecule is COCCN(C(C)C)C(CN)CC(OC)OC. The predicted octanol–water partition coefficient (Wildman–Crippen LogP) is 0.680. The summed E-state index contributed by atoms with van der Waals surface area (Å²) in [6.07, 6.45) is 0.568. The fraction of sp³-hybridized carbons (Fsp3) is 1.00. The van der Waals surface area contributed by atoms with Gasteiger partial charge in [-0.25, -0.2) is 0 Å². The Hall–Kier alpha value is -0.200. The van der Waals surface area contributed by atoms with Crippen LogP contribution in [0.2, 0.25) is 0 Å². The van der Waals surface area contributed by atoms with Crippen molar-refractivity contribution in [1.82, 2.24) is 4.90 Å². The summed E-state index contributed by atoms with van der Waals surface area (Å²) in [5, 5.41) is 0. The van der Waals surface area contributed by atoms with Crippen molar-refractivity contribution in [2.24, 2.45) is 5.73 Å². The normalized spacial score (nSPS) is 13.9. The fourth-order valence-corrected chi connectivity index (χ4v) is 1.94. The van der Waals surface area contributed by atoms with E-state index in [9.17, 15) is 0 Å². The van der Waals surface area contributed by atoms with Gasteiger partial charge in [0, 0.05) is 52.9 Å². The number of ether oxygens (including phenoxy) is 3. The average molecular weight is 248 g/mol. The van der Waals surface area contributed by atoms with Gasteiger partial charge in [-0.2, -0.15) is 0 Å². The maximum absolute atomic E-state index is 5.85. The fourth-order valence-electron chi connectivity index (χ4n) is 1.94. The van der Waals surface area contributed by atoms with Crippen LogP contribution in [0.3, 0.4) is 0 Å². The lowest BCUT2D eigenvalue weighted by Gasteiger charge is -2.35. The summed E-state index contributed by atoms with van der Waals surface area (Å²) < 4.78 is 15.6. The Balaban J connectivity index is 4.43. The van der Waals surface area contributed by atoms with E-state index >= 15 is 0 Å². The Bertz CT molecular complexity index is 175. The van der Waals surface area contributed by atoms with Crippen LogP contribution in [0.1, 0.15) is 20.3 Å². The Labute approximate surface area is 105 Å². The van der Waals surface area contributed by atoms with Crippen LogP contribution in [0.25, 0.3) is 0 Å². The molecule has 0 aromatic carbocycles. The number of nitrogens with two attached hydrogens (primary N) is 1. The molecule has 0 aromatic heterocycles. The third-order valence-electron chi connectivity index (χ3n) is 2.95. The van der Waals surface area contributed by atoms with Crippen LogP contribution in [0.5, 0.6) is 0 Å². The Morgan fingerprint density at radius 3 is 2.06 bits per heavy atom. The van der Waals surface area contributed by atoms with Gasteiger partial charge >= 0.3 is 0 Å². The molecule has 5 heteroatoms. The number of nitrogens with zero attached hydrogens (tertiary/aromatic N) is 1. The number of hydrogen-bond donors (Lipinski definition) is 1. The van der Waals surface area contributed by atoms with Gasteiger partial charge in [-0.1, -0.05) is 0 Å². The van der Waals surface area contributed by atoms with Crippen LogP contribution < -0.4 is 5.73 Å². The smallest absolute Gasteiger partial charge is 0.158 e. The maximum atomic E-state index is 5.85. The molecule has 0 bridgehead atoms. The Morgan fingerprint density at radius 2 is 1.71 bits per heavy atom. The van der Waals surface area contributed by atoms with Crippen LogP contribution in [0.4, 0.5) is 0 Å². The summed E-state index contributed by atoms with van der Waals surface area (Å²) in [6.45, 7) is 6.49. The highest BCUT2D eigenvalue weighted by Crippen LogP contribution is 2.12. The molecule has 0 radical (unpaired) electrons. The largest absolute Gasteiger partial charge is 0.383 e. The zero-order valence-electron chi connectivity index (χ0n) is 11.8. The van der Waals surface area contributed by atoms with Crippen molar-refractivity contribution < 1.29 is 14.2 Å². The first-order valence-electron chi connectivity index (χ1n) is 6.11. The van der Waals surface area contributed by atoms with Crippen molar-refractivity contribution in [2.45, 2.75) is 38.6 Å². The molecule has 0 spiro atoms. The topological polar surface area (TPSA) is 57.0 Å². The second-order valence-corrected chi connectivity index (χ2v) is 4.35. The summed E-state index contributed by atoms with van der Waals surface area (Å²) in [5.41, 5.74) is 5.85. The van der Waals surface area contributed by atoms with Crippen molar-refractivity contribution in [1.29, 1.82) is 0 Å². The minimum absolute atomic E-state index is 0.202. The summed E-state index contributed by atoms with van der Waals surface area (Å²) in [7, 11) is 5.01. The number of methoxy groups -OCH3 is 3. The molecule has 0 saturated carbocycles. The van der Waals surface area contributed by atoms with Gasteiger partial charge in [0.1, 0.15) is 0 Å². The van der Waals surface area contributed by atoms with Crippen molar-refractivity contribution >= 4 is 0 Å². The first kappa shape index (κ1) is 16.8. The van der Waals surface area contributed by atoms with E-state index in [0.717, 1.165) is 13.0 Å². The predicted molar refractivity (Wildman–Crippen MR) is 69.0 cm³/mol. The number of rotatable bonds is 10. The minimum atomic E-state index is -0.202. The molecule has 0 aliphatic rings. The van der Waals surface area contributed by atoms with Crippen LogP contribution in [0.15, 0.2) is 0 Å². The van der Waals surface area contributed by atoms with E-state index in [1.165, 1.54) is 0 Å². The first-order valence-corrected chi connectivity index (χ1v) is 6.11. The highest BCUT2D eigenvalue weighted by atomic mass is 16.7. The van der Waals surface area contributed by atoms with Gasteiger partial charge in [-0.3, -0.25) is 4.90 Å². The van der Waals surface area contributed by atoms with E-state index in [-0.39, 0.29) is 12.3 Å². The molecule has 0 amide bonds. The molecular weight excluding hydrogens is 220 g/mol. The molecular formula is C12H28N2O3. The maximum Gasteiger partial charge on any atom is 0.158 e. The average Bonchev–Trinajstić information content (AvgIpc) is 2.33. The molecule has 104 valence electrons. The molecule has 5 nitrogen and oxygen atoms in total. The van der Waals surface area contributed by atoms with E-state index in [0.29, 0.717) is 19.2 Å². The minimum Gasteiger partial charge on any atom is -0.383 e. The summed E-state index contributed by atoms with van der Waals surface area (Å²) in [6, 6.07) is 0.670. The molecule has 0 aromatic rings. The standard InChI is InChI=1S/C12H28N2O3/c1-10(2)14(6-7-15-3)11(9-13)8-12(16-4)17-5/h10-12H,6-9,13H2,1-5H3. The van der Waals surface area contributed by atoms with Crippen LogP contribution in [-0.4, -0.2) is 64.3 Å². The molecule has 0 aliphatic carbocycles. The van der Waals surface area contributed by atoms with Crippen LogP contribution in [0, 0.1) is 0 Å². The molecule has 0 rings (SSSR count). The van der Waals surface area contributed by atoms with E-state index in [1.54, 1.807) is 21.3 Å². The third-order valence-corrected chi connectivity index (χ3v) is 2.95. The zero-order chi connectivity index (χ0) is 13.3. The Morgan fingerprint density at radius 1 is 1.12 bits per heavy atom. The lowest BCUT2D eigenvalue weighted by atomic mass is 10.1.